The molecule has 0 saturated carbocycles. The van der Waals surface area contributed by atoms with Crippen molar-refractivity contribution < 1.29 is 27.9 Å². The molecule has 1 amide bonds. The van der Waals surface area contributed by atoms with Crippen molar-refractivity contribution in [2.24, 2.45) is 0 Å². The number of hydrogen-bond donors (Lipinski definition) is 2. The largest absolute Gasteiger partial charge is 0.480 e. The first kappa shape index (κ1) is 15.9. The maximum absolute atomic E-state index is 11.4. The van der Waals surface area contributed by atoms with Gasteiger partial charge in [-0.25, -0.2) is 13.2 Å². The van der Waals surface area contributed by atoms with Gasteiger partial charge in [0.15, 0.2) is 0 Å². The highest BCUT2D eigenvalue weighted by molar-refractivity contribution is 7.90. The van der Waals surface area contributed by atoms with Crippen molar-refractivity contribution in [1.82, 2.24) is 5.32 Å². The number of methoxy groups -OCH3 is 1. The predicted molar refractivity (Wildman–Crippen MR) is 60.4 cm³/mol. The number of carbonyl (C=O) groups is 2. The molecule has 0 aliphatic rings. The van der Waals surface area contributed by atoms with Crippen LogP contribution in [0.4, 0.5) is 0 Å². The van der Waals surface area contributed by atoms with E-state index in [2.05, 4.69) is 5.32 Å². The molecule has 2 atom stereocenters. The normalized spacial score (nSPS) is 15.0. The van der Waals surface area contributed by atoms with Gasteiger partial charge in [-0.2, -0.15) is 0 Å². The highest BCUT2D eigenvalue weighted by atomic mass is 32.2. The minimum Gasteiger partial charge on any atom is -0.480 e. The molecule has 0 aromatic rings. The van der Waals surface area contributed by atoms with Crippen molar-refractivity contribution in [3.8, 4) is 0 Å². The molecule has 2 N–H and O–H groups in total. The van der Waals surface area contributed by atoms with Crippen LogP contribution >= 0.6 is 0 Å². The summed E-state index contributed by atoms with van der Waals surface area (Å²) >= 11 is 0. The van der Waals surface area contributed by atoms with Crippen LogP contribution in [0.25, 0.3) is 0 Å². The second kappa shape index (κ2) is 6.55. The van der Waals surface area contributed by atoms with E-state index in [0.717, 1.165) is 6.26 Å². The van der Waals surface area contributed by atoms with Crippen LogP contribution in [0, 0.1) is 0 Å². The zero-order valence-electron chi connectivity index (χ0n) is 9.97. The van der Waals surface area contributed by atoms with Crippen LogP contribution in [0.1, 0.15) is 13.3 Å². The molecule has 0 saturated heterocycles. The lowest BCUT2D eigenvalue weighted by Crippen LogP contribution is -2.45. The Balaban J connectivity index is 4.46. The number of aliphatic carboxylic acids is 1. The number of carboxylic acids is 1. The zero-order chi connectivity index (χ0) is 13.6. The Hall–Kier alpha value is -1.15. The minimum atomic E-state index is -3.26. The van der Waals surface area contributed by atoms with Crippen LogP contribution in [-0.4, -0.2) is 56.7 Å². The fourth-order valence-electron chi connectivity index (χ4n) is 0.985. The molecular formula is C9H17NO6S. The Bertz CT molecular complexity index is 377. The summed E-state index contributed by atoms with van der Waals surface area (Å²) in [5, 5.41) is 11.0. The van der Waals surface area contributed by atoms with Crippen LogP contribution in [0.5, 0.6) is 0 Å². The van der Waals surface area contributed by atoms with E-state index in [1.54, 1.807) is 0 Å². The Kier molecular flexibility index (Phi) is 6.11. The van der Waals surface area contributed by atoms with Gasteiger partial charge in [0.2, 0.25) is 5.91 Å². The summed E-state index contributed by atoms with van der Waals surface area (Å²) in [7, 11) is -1.94. The van der Waals surface area contributed by atoms with Gasteiger partial charge in [-0.3, -0.25) is 4.79 Å². The molecule has 7 nitrogen and oxygen atoms in total. The summed E-state index contributed by atoms with van der Waals surface area (Å²) in [6.07, 6.45) is 0.0528. The Labute approximate surface area is 100 Å². The van der Waals surface area contributed by atoms with Gasteiger partial charge in [-0.05, 0) is 13.3 Å². The summed E-state index contributed by atoms with van der Waals surface area (Å²) in [6.45, 7) is 1.46. The smallest absolute Gasteiger partial charge is 0.326 e. The van der Waals surface area contributed by atoms with E-state index >= 15 is 0 Å². The molecule has 0 fully saturated rings. The molecule has 0 radical (unpaired) electrons. The van der Waals surface area contributed by atoms with Crippen molar-refractivity contribution >= 4 is 21.7 Å². The van der Waals surface area contributed by atoms with Gasteiger partial charge >= 0.3 is 5.97 Å². The van der Waals surface area contributed by atoms with Crippen molar-refractivity contribution in [2.45, 2.75) is 25.5 Å². The summed E-state index contributed by atoms with van der Waals surface area (Å²) in [4.78, 5) is 22.2. The third kappa shape index (κ3) is 6.90. The van der Waals surface area contributed by atoms with E-state index < -0.39 is 33.9 Å². The van der Waals surface area contributed by atoms with E-state index in [1.165, 1.54) is 14.0 Å². The molecular weight excluding hydrogens is 250 g/mol. The van der Waals surface area contributed by atoms with Crippen molar-refractivity contribution in [3.63, 3.8) is 0 Å². The third-order valence-electron chi connectivity index (χ3n) is 2.11. The number of ether oxygens (including phenoxy) is 1. The summed E-state index contributed by atoms with van der Waals surface area (Å²) in [6, 6.07) is -1.23. The third-order valence-corrected chi connectivity index (χ3v) is 3.09. The molecule has 0 aromatic carbocycles. The number of rotatable bonds is 7. The van der Waals surface area contributed by atoms with Crippen LogP contribution in [0.3, 0.4) is 0 Å². The number of amides is 1. The van der Waals surface area contributed by atoms with Gasteiger partial charge in [0.25, 0.3) is 0 Å². The molecule has 0 spiro atoms. The number of sulfone groups is 1. The van der Waals surface area contributed by atoms with Crippen LogP contribution in [0.2, 0.25) is 0 Å². The van der Waals surface area contributed by atoms with Crippen molar-refractivity contribution in [3.05, 3.63) is 0 Å². The molecule has 0 heterocycles. The Morgan fingerprint density at radius 2 is 1.94 bits per heavy atom. The fourth-order valence-corrected chi connectivity index (χ4v) is 1.65. The van der Waals surface area contributed by atoms with E-state index in [1.807, 2.05) is 0 Å². The zero-order valence-corrected chi connectivity index (χ0v) is 10.8. The number of carboxylic acid groups (broad SMARTS) is 1. The van der Waals surface area contributed by atoms with Gasteiger partial charge in [0.05, 0.1) is 5.75 Å². The standard InChI is InChI=1S/C9H17NO6S/c1-6(16-2)8(11)10-7(9(12)13)4-5-17(3,14)15/h6-7H,4-5H2,1-3H3,(H,10,11)(H,12,13). The molecule has 2 unspecified atom stereocenters. The molecule has 17 heavy (non-hydrogen) atoms. The van der Waals surface area contributed by atoms with Crippen LogP contribution in [0.15, 0.2) is 0 Å². The van der Waals surface area contributed by atoms with E-state index in [4.69, 9.17) is 9.84 Å². The molecule has 0 rings (SSSR count). The number of carbonyl (C=O) groups excluding carboxylic acids is 1. The molecule has 0 aliphatic heterocycles. The average molecular weight is 267 g/mol. The highest BCUT2D eigenvalue weighted by Gasteiger charge is 2.23. The Morgan fingerprint density at radius 1 is 1.41 bits per heavy atom. The second-order valence-electron chi connectivity index (χ2n) is 3.70. The SMILES string of the molecule is COC(C)C(=O)NC(CCS(C)(=O)=O)C(=O)O. The number of hydrogen-bond acceptors (Lipinski definition) is 5. The van der Waals surface area contributed by atoms with Gasteiger partial charge in [-0.15, -0.1) is 0 Å². The van der Waals surface area contributed by atoms with Gasteiger partial charge in [0.1, 0.15) is 22.0 Å². The van der Waals surface area contributed by atoms with Crippen LogP contribution in [-0.2, 0) is 24.2 Å². The number of nitrogens with one attached hydrogen (secondary N) is 1. The second-order valence-corrected chi connectivity index (χ2v) is 5.96. The van der Waals surface area contributed by atoms with Crippen molar-refractivity contribution in [1.29, 1.82) is 0 Å². The van der Waals surface area contributed by atoms with E-state index in [9.17, 15) is 18.0 Å². The quantitative estimate of drug-likeness (QED) is 0.614. The maximum Gasteiger partial charge on any atom is 0.326 e. The van der Waals surface area contributed by atoms with Gasteiger partial charge in [0, 0.05) is 13.4 Å². The van der Waals surface area contributed by atoms with E-state index in [0.29, 0.717) is 0 Å². The summed E-state index contributed by atoms with van der Waals surface area (Å²) in [5.41, 5.74) is 0. The highest BCUT2D eigenvalue weighted by Crippen LogP contribution is 1.99. The monoisotopic (exact) mass is 267 g/mol. The lowest BCUT2D eigenvalue weighted by Gasteiger charge is -2.16. The molecule has 0 bridgehead atoms. The fraction of sp³-hybridized carbons (Fsp3) is 0.778. The van der Waals surface area contributed by atoms with Crippen LogP contribution < -0.4 is 5.32 Å². The molecule has 100 valence electrons. The lowest BCUT2D eigenvalue weighted by molar-refractivity contribution is -0.143. The van der Waals surface area contributed by atoms with E-state index in [-0.39, 0.29) is 12.2 Å². The molecule has 8 heteroatoms. The molecule has 0 aliphatic carbocycles. The summed E-state index contributed by atoms with van der Waals surface area (Å²) < 4.78 is 26.5. The predicted octanol–water partition coefficient (Wildman–Crippen LogP) is -0.975. The lowest BCUT2D eigenvalue weighted by atomic mass is 10.2. The van der Waals surface area contributed by atoms with Gasteiger partial charge < -0.3 is 15.2 Å². The first-order valence-electron chi connectivity index (χ1n) is 4.91. The van der Waals surface area contributed by atoms with Gasteiger partial charge in [-0.1, -0.05) is 0 Å². The molecule has 0 aromatic heterocycles. The Morgan fingerprint density at radius 3 is 2.29 bits per heavy atom. The first-order valence-corrected chi connectivity index (χ1v) is 6.97. The van der Waals surface area contributed by atoms with Crippen molar-refractivity contribution in [2.75, 3.05) is 19.1 Å². The maximum atomic E-state index is 11.4. The topological polar surface area (TPSA) is 110 Å². The minimum absolute atomic E-state index is 0.170. The first-order chi connectivity index (χ1) is 7.67. The summed E-state index contributed by atoms with van der Waals surface area (Å²) in [5.74, 6) is -2.16. The average Bonchev–Trinajstić information content (AvgIpc) is 2.20.